The lowest BCUT2D eigenvalue weighted by molar-refractivity contribution is 0.198. The molecule has 0 aromatic heterocycles. The van der Waals surface area contributed by atoms with Gasteiger partial charge in [-0.1, -0.05) is 27.2 Å². The monoisotopic (exact) mass is 343 g/mol. The van der Waals surface area contributed by atoms with Crippen LogP contribution in [-0.4, -0.2) is 24.2 Å². The molecule has 1 fully saturated rings. The van der Waals surface area contributed by atoms with E-state index in [0.717, 1.165) is 37.1 Å². The van der Waals surface area contributed by atoms with Gasteiger partial charge in [-0.25, -0.2) is 4.99 Å². The first-order valence-electron chi connectivity index (χ1n) is 9.02. The summed E-state index contributed by atoms with van der Waals surface area (Å²) < 4.78 is 5.87. The molecule has 0 unspecified atom stereocenters. The van der Waals surface area contributed by atoms with Gasteiger partial charge in [-0.3, -0.25) is 4.90 Å². The second-order valence-corrected chi connectivity index (χ2v) is 8.16. The molecule has 6 heteroatoms. The third-order valence-corrected chi connectivity index (χ3v) is 4.62. The van der Waals surface area contributed by atoms with Gasteiger partial charge in [0.2, 0.25) is 11.9 Å². The van der Waals surface area contributed by atoms with Gasteiger partial charge >= 0.3 is 0 Å². The van der Waals surface area contributed by atoms with E-state index in [9.17, 15) is 0 Å². The first-order valence-corrected chi connectivity index (χ1v) is 9.02. The number of ether oxygens (including phenoxy) is 1. The Morgan fingerprint density at radius 3 is 2.32 bits per heavy atom. The maximum atomic E-state index is 6.24. The summed E-state index contributed by atoms with van der Waals surface area (Å²) in [6.07, 6.45) is 5.33. The summed E-state index contributed by atoms with van der Waals surface area (Å²) in [5, 5.41) is 0. The van der Waals surface area contributed by atoms with Crippen LogP contribution in [0, 0.1) is 5.41 Å². The molecule has 1 aromatic carbocycles. The summed E-state index contributed by atoms with van der Waals surface area (Å²) in [7, 11) is 0. The fourth-order valence-electron chi connectivity index (χ4n) is 3.49. The van der Waals surface area contributed by atoms with Crippen molar-refractivity contribution in [2.75, 3.05) is 11.5 Å². The zero-order valence-corrected chi connectivity index (χ0v) is 15.5. The number of benzene rings is 1. The number of hydrogen-bond acceptors (Lipinski definition) is 6. The summed E-state index contributed by atoms with van der Waals surface area (Å²) >= 11 is 0. The molecule has 4 N–H and O–H groups in total. The second kappa shape index (κ2) is 6.58. The van der Waals surface area contributed by atoms with Gasteiger partial charge < -0.3 is 16.2 Å². The predicted octanol–water partition coefficient (Wildman–Crippen LogP) is 3.22. The van der Waals surface area contributed by atoms with E-state index in [1.54, 1.807) is 0 Å². The molecule has 0 saturated heterocycles. The number of rotatable bonds is 3. The van der Waals surface area contributed by atoms with Crippen molar-refractivity contribution in [2.45, 2.75) is 58.5 Å². The van der Waals surface area contributed by atoms with Crippen molar-refractivity contribution < 1.29 is 4.74 Å². The molecule has 0 radical (unpaired) electrons. The van der Waals surface area contributed by atoms with Crippen LogP contribution < -0.4 is 21.1 Å². The highest BCUT2D eigenvalue weighted by Crippen LogP contribution is 2.39. The first-order chi connectivity index (χ1) is 11.8. The number of aliphatic imine (C=N–C) groups is 2. The number of nitrogens with two attached hydrogens (primary N) is 2. The molecule has 1 aromatic rings. The lowest BCUT2D eigenvalue weighted by Crippen LogP contribution is -2.58. The van der Waals surface area contributed by atoms with E-state index in [-0.39, 0.29) is 11.4 Å². The second-order valence-electron chi connectivity index (χ2n) is 8.16. The van der Waals surface area contributed by atoms with E-state index < -0.39 is 5.66 Å². The molecule has 1 saturated carbocycles. The highest BCUT2D eigenvalue weighted by Gasteiger charge is 2.42. The van der Waals surface area contributed by atoms with Gasteiger partial charge in [0.25, 0.3) is 0 Å². The molecule has 1 spiro atoms. The first kappa shape index (κ1) is 17.6. The molecule has 25 heavy (non-hydrogen) atoms. The van der Waals surface area contributed by atoms with Crippen LogP contribution >= 0.6 is 0 Å². The maximum absolute atomic E-state index is 6.24. The third-order valence-electron chi connectivity index (χ3n) is 4.62. The fourth-order valence-corrected chi connectivity index (χ4v) is 3.49. The average Bonchev–Trinajstić information content (AvgIpc) is 2.53. The molecule has 6 nitrogen and oxygen atoms in total. The molecule has 3 rings (SSSR count). The van der Waals surface area contributed by atoms with E-state index >= 15 is 0 Å². The van der Waals surface area contributed by atoms with Crippen LogP contribution in [0.15, 0.2) is 34.3 Å². The molecule has 1 aliphatic carbocycles. The van der Waals surface area contributed by atoms with Gasteiger partial charge in [-0.15, -0.1) is 0 Å². The van der Waals surface area contributed by atoms with Crippen molar-refractivity contribution in [3.63, 3.8) is 0 Å². The topological polar surface area (TPSA) is 89.2 Å². The maximum Gasteiger partial charge on any atom is 0.220 e. The standard InChI is InChI=1S/C19H29N5O/c1-18(2,3)13-25-15-9-7-14(8-10-15)24-17(21)22-16(20)23-19(24)11-5-4-6-12-19/h7-10H,4-6,11-13H2,1-3H3,(H4,20,21,22,23). The van der Waals surface area contributed by atoms with E-state index in [2.05, 4.69) is 25.8 Å². The minimum Gasteiger partial charge on any atom is -0.493 e. The SMILES string of the molecule is CC(C)(C)COc1ccc(N2C(N)=NC(N)=NC23CCCCC3)cc1. The molecule has 0 atom stereocenters. The van der Waals surface area contributed by atoms with Crippen LogP contribution in [-0.2, 0) is 0 Å². The molecular formula is C19H29N5O. The molecule has 2 aliphatic rings. The van der Waals surface area contributed by atoms with Gasteiger partial charge in [0, 0.05) is 5.69 Å². The van der Waals surface area contributed by atoms with Crippen LogP contribution in [0.25, 0.3) is 0 Å². The lowest BCUT2D eigenvalue weighted by atomic mass is 9.87. The Balaban J connectivity index is 1.84. The minimum atomic E-state index is -0.401. The predicted molar refractivity (Wildman–Crippen MR) is 103 cm³/mol. The highest BCUT2D eigenvalue weighted by molar-refractivity contribution is 6.05. The number of guanidine groups is 2. The largest absolute Gasteiger partial charge is 0.493 e. The number of nitrogens with zero attached hydrogens (tertiary/aromatic N) is 3. The molecule has 1 aliphatic heterocycles. The summed E-state index contributed by atoms with van der Waals surface area (Å²) in [6, 6.07) is 8.00. The Morgan fingerprint density at radius 2 is 1.72 bits per heavy atom. The molecule has 0 bridgehead atoms. The number of hydrogen-bond donors (Lipinski definition) is 2. The van der Waals surface area contributed by atoms with Gasteiger partial charge in [0.15, 0.2) is 0 Å². The Kier molecular flexibility index (Phi) is 4.62. The van der Waals surface area contributed by atoms with E-state index in [1.807, 2.05) is 29.2 Å². The lowest BCUT2D eigenvalue weighted by Gasteiger charge is -2.45. The fraction of sp³-hybridized carbons (Fsp3) is 0.579. The molecule has 1 heterocycles. The Morgan fingerprint density at radius 1 is 1.08 bits per heavy atom. The summed E-state index contributed by atoms with van der Waals surface area (Å²) in [5.41, 5.74) is 12.9. The third kappa shape index (κ3) is 3.89. The van der Waals surface area contributed by atoms with Gasteiger partial charge in [-0.05, 0) is 55.4 Å². The highest BCUT2D eigenvalue weighted by atomic mass is 16.5. The van der Waals surface area contributed by atoms with Gasteiger partial charge in [0.05, 0.1) is 6.61 Å². The van der Waals surface area contributed by atoms with Crippen molar-refractivity contribution in [2.24, 2.45) is 26.9 Å². The quantitative estimate of drug-likeness (QED) is 0.882. The minimum absolute atomic E-state index is 0.126. The van der Waals surface area contributed by atoms with E-state index in [1.165, 1.54) is 6.42 Å². The number of anilines is 1. The average molecular weight is 343 g/mol. The van der Waals surface area contributed by atoms with Crippen LogP contribution in [0.3, 0.4) is 0 Å². The van der Waals surface area contributed by atoms with Crippen molar-refractivity contribution in [3.8, 4) is 5.75 Å². The van der Waals surface area contributed by atoms with Crippen molar-refractivity contribution in [1.82, 2.24) is 0 Å². The Labute approximate surface area is 150 Å². The summed E-state index contributed by atoms with van der Waals surface area (Å²) in [4.78, 5) is 10.9. The van der Waals surface area contributed by atoms with Crippen molar-refractivity contribution >= 4 is 17.6 Å². The Bertz CT molecular complexity index is 666. The smallest absolute Gasteiger partial charge is 0.220 e. The van der Waals surface area contributed by atoms with Crippen LogP contribution in [0.2, 0.25) is 0 Å². The molecule has 0 amide bonds. The van der Waals surface area contributed by atoms with Crippen LogP contribution in [0.1, 0.15) is 52.9 Å². The summed E-state index contributed by atoms with van der Waals surface area (Å²) in [5.74, 6) is 1.55. The van der Waals surface area contributed by atoms with Crippen molar-refractivity contribution in [1.29, 1.82) is 0 Å². The summed E-state index contributed by atoms with van der Waals surface area (Å²) in [6.45, 7) is 7.13. The van der Waals surface area contributed by atoms with Gasteiger partial charge in [-0.2, -0.15) is 4.99 Å². The van der Waals surface area contributed by atoms with Crippen LogP contribution in [0.5, 0.6) is 5.75 Å². The van der Waals surface area contributed by atoms with Crippen LogP contribution in [0.4, 0.5) is 5.69 Å². The van der Waals surface area contributed by atoms with E-state index in [0.29, 0.717) is 12.6 Å². The zero-order valence-electron chi connectivity index (χ0n) is 15.5. The normalized spacial score (nSPS) is 20.2. The molecular weight excluding hydrogens is 314 g/mol. The van der Waals surface area contributed by atoms with Crippen molar-refractivity contribution in [3.05, 3.63) is 24.3 Å². The zero-order chi connectivity index (χ0) is 18.1. The Hall–Kier alpha value is -2.24. The van der Waals surface area contributed by atoms with E-state index in [4.69, 9.17) is 21.2 Å². The van der Waals surface area contributed by atoms with Gasteiger partial charge in [0.1, 0.15) is 11.4 Å². The molecule has 136 valence electrons.